The Bertz CT molecular complexity index is 279. The first kappa shape index (κ1) is 12.9. The maximum atomic E-state index is 3.70. The van der Waals surface area contributed by atoms with Crippen LogP contribution in [0, 0.1) is 5.92 Å². The molecule has 0 bridgehead atoms. The molecule has 0 amide bonds. The second kappa shape index (κ2) is 5.45. The van der Waals surface area contributed by atoms with Gasteiger partial charge in [-0.1, -0.05) is 0 Å². The lowest BCUT2D eigenvalue weighted by molar-refractivity contribution is 0.0705. The molecule has 104 valence electrons. The maximum absolute atomic E-state index is 3.70. The lowest BCUT2D eigenvalue weighted by Crippen LogP contribution is -2.58. The Labute approximate surface area is 111 Å². The Balaban J connectivity index is 1.51. The lowest BCUT2D eigenvalue weighted by Gasteiger charge is -2.42. The average molecular weight is 252 g/mol. The van der Waals surface area contributed by atoms with E-state index in [2.05, 4.69) is 34.1 Å². The molecular weight excluding hydrogens is 224 g/mol. The number of piperazine rings is 2. The summed E-state index contributed by atoms with van der Waals surface area (Å²) in [6, 6.07) is 1.51. The first-order valence-electron chi connectivity index (χ1n) is 7.57. The smallest absolute Gasteiger partial charge is 0.0347 e. The quantitative estimate of drug-likeness (QED) is 0.758. The summed E-state index contributed by atoms with van der Waals surface area (Å²) in [5.74, 6) is 0.986. The zero-order valence-corrected chi connectivity index (χ0v) is 11.9. The van der Waals surface area contributed by atoms with Crippen LogP contribution in [-0.2, 0) is 0 Å². The average Bonchev–Trinajstić information content (AvgIpc) is 3.18. The summed E-state index contributed by atoms with van der Waals surface area (Å²) < 4.78 is 0. The zero-order valence-electron chi connectivity index (χ0n) is 11.9. The van der Waals surface area contributed by atoms with Crippen molar-refractivity contribution in [1.82, 2.24) is 20.0 Å². The molecule has 4 nitrogen and oxygen atoms in total. The number of nitrogens with zero attached hydrogens (tertiary/aromatic N) is 3. The molecule has 1 saturated carbocycles. The van der Waals surface area contributed by atoms with Crippen LogP contribution < -0.4 is 5.32 Å². The van der Waals surface area contributed by atoms with Gasteiger partial charge in [-0.2, -0.15) is 0 Å². The summed E-state index contributed by atoms with van der Waals surface area (Å²) in [4.78, 5) is 7.72. The largest absolute Gasteiger partial charge is 0.311 e. The summed E-state index contributed by atoms with van der Waals surface area (Å²) in [5, 5.41) is 3.70. The maximum Gasteiger partial charge on any atom is 0.0347 e. The summed E-state index contributed by atoms with van der Waals surface area (Å²) in [7, 11) is 4.54. The van der Waals surface area contributed by atoms with Crippen molar-refractivity contribution in [2.75, 3.05) is 59.9 Å². The second-order valence-electron chi connectivity index (χ2n) is 6.55. The van der Waals surface area contributed by atoms with E-state index >= 15 is 0 Å². The van der Waals surface area contributed by atoms with Crippen LogP contribution in [0.5, 0.6) is 0 Å². The van der Waals surface area contributed by atoms with Gasteiger partial charge < -0.3 is 10.2 Å². The minimum atomic E-state index is 0.724. The van der Waals surface area contributed by atoms with E-state index < -0.39 is 0 Å². The molecule has 0 aromatic rings. The van der Waals surface area contributed by atoms with Gasteiger partial charge in [0, 0.05) is 57.9 Å². The van der Waals surface area contributed by atoms with E-state index in [1.165, 1.54) is 58.7 Å². The van der Waals surface area contributed by atoms with E-state index in [1.807, 2.05) is 0 Å². The molecule has 0 aromatic carbocycles. The van der Waals surface area contributed by atoms with Crippen LogP contribution in [0.15, 0.2) is 0 Å². The molecular formula is C14H28N4. The minimum Gasteiger partial charge on any atom is -0.311 e. The molecule has 3 fully saturated rings. The normalized spacial score (nSPS) is 37.0. The highest BCUT2D eigenvalue weighted by Crippen LogP contribution is 2.33. The fraction of sp³-hybridized carbons (Fsp3) is 1.00. The number of hydrogen-bond donors (Lipinski definition) is 1. The molecule has 3 aliphatic rings. The molecule has 2 heterocycles. The predicted octanol–water partition coefficient (Wildman–Crippen LogP) is -0.0840. The molecule has 2 unspecified atom stereocenters. The number of nitrogens with one attached hydrogen (secondary N) is 1. The second-order valence-corrected chi connectivity index (χ2v) is 6.55. The summed E-state index contributed by atoms with van der Waals surface area (Å²) in [5.41, 5.74) is 0. The van der Waals surface area contributed by atoms with Gasteiger partial charge in [0.05, 0.1) is 0 Å². The van der Waals surface area contributed by atoms with Gasteiger partial charge in [-0.15, -0.1) is 0 Å². The fourth-order valence-electron chi connectivity index (χ4n) is 3.42. The van der Waals surface area contributed by atoms with Crippen molar-refractivity contribution >= 4 is 0 Å². The van der Waals surface area contributed by atoms with Gasteiger partial charge >= 0.3 is 0 Å². The third-order valence-corrected chi connectivity index (χ3v) is 4.93. The van der Waals surface area contributed by atoms with Crippen LogP contribution in [-0.4, -0.2) is 86.7 Å². The number of rotatable bonds is 3. The van der Waals surface area contributed by atoms with Crippen molar-refractivity contribution in [3.63, 3.8) is 0 Å². The molecule has 0 radical (unpaired) electrons. The molecule has 18 heavy (non-hydrogen) atoms. The van der Waals surface area contributed by atoms with Gasteiger partial charge in [0.15, 0.2) is 0 Å². The topological polar surface area (TPSA) is 21.8 Å². The minimum absolute atomic E-state index is 0.724. The summed E-state index contributed by atoms with van der Waals surface area (Å²) in [6.07, 6.45) is 2.91. The first-order chi connectivity index (χ1) is 8.72. The van der Waals surface area contributed by atoms with Crippen molar-refractivity contribution in [3.8, 4) is 0 Å². The van der Waals surface area contributed by atoms with Gasteiger partial charge in [-0.05, 0) is 32.9 Å². The molecule has 2 saturated heterocycles. The van der Waals surface area contributed by atoms with Crippen molar-refractivity contribution in [3.05, 3.63) is 0 Å². The highest BCUT2D eigenvalue weighted by atomic mass is 15.3. The molecule has 1 N–H and O–H groups in total. The van der Waals surface area contributed by atoms with Crippen LogP contribution in [0.3, 0.4) is 0 Å². The van der Waals surface area contributed by atoms with E-state index in [0.717, 1.165) is 18.0 Å². The third-order valence-electron chi connectivity index (χ3n) is 4.93. The summed E-state index contributed by atoms with van der Waals surface area (Å²) >= 11 is 0. The monoisotopic (exact) mass is 252 g/mol. The van der Waals surface area contributed by atoms with Crippen molar-refractivity contribution in [2.45, 2.75) is 24.9 Å². The molecule has 3 rings (SSSR count). The van der Waals surface area contributed by atoms with E-state index in [-0.39, 0.29) is 0 Å². The van der Waals surface area contributed by atoms with Gasteiger partial charge in [0.2, 0.25) is 0 Å². The van der Waals surface area contributed by atoms with E-state index in [1.54, 1.807) is 0 Å². The fourth-order valence-corrected chi connectivity index (χ4v) is 3.42. The van der Waals surface area contributed by atoms with Crippen LogP contribution >= 0.6 is 0 Å². The molecule has 1 aliphatic carbocycles. The van der Waals surface area contributed by atoms with Crippen LogP contribution in [0.25, 0.3) is 0 Å². The Morgan fingerprint density at radius 2 is 1.89 bits per heavy atom. The summed E-state index contributed by atoms with van der Waals surface area (Å²) in [6.45, 7) is 8.63. The molecule has 2 atom stereocenters. The Morgan fingerprint density at radius 1 is 1.06 bits per heavy atom. The van der Waals surface area contributed by atoms with Gasteiger partial charge in [-0.25, -0.2) is 0 Å². The predicted molar refractivity (Wildman–Crippen MR) is 74.9 cm³/mol. The number of hydrogen-bond acceptors (Lipinski definition) is 4. The van der Waals surface area contributed by atoms with Gasteiger partial charge in [0.25, 0.3) is 0 Å². The van der Waals surface area contributed by atoms with Crippen LogP contribution in [0.4, 0.5) is 0 Å². The van der Waals surface area contributed by atoms with Crippen molar-refractivity contribution in [2.24, 2.45) is 5.92 Å². The third kappa shape index (κ3) is 3.05. The highest BCUT2D eigenvalue weighted by Gasteiger charge is 2.35. The molecule has 0 spiro atoms. The van der Waals surface area contributed by atoms with Crippen LogP contribution in [0.1, 0.15) is 12.8 Å². The van der Waals surface area contributed by atoms with Gasteiger partial charge in [0.1, 0.15) is 0 Å². The zero-order chi connectivity index (χ0) is 12.5. The Hall–Kier alpha value is -0.160. The van der Waals surface area contributed by atoms with Gasteiger partial charge in [-0.3, -0.25) is 9.80 Å². The highest BCUT2D eigenvalue weighted by molar-refractivity contribution is 4.92. The molecule has 0 aromatic heterocycles. The standard InChI is InChI=1S/C14H28N4/c1-16-7-8-17(2)13(9-16)10-18-6-5-15-14(11-18)12-3-4-12/h12-15H,3-11H2,1-2H3. The Kier molecular flexibility index (Phi) is 3.89. The van der Waals surface area contributed by atoms with E-state index in [9.17, 15) is 0 Å². The van der Waals surface area contributed by atoms with Crippen molar-refractivity contribution in [1.29, 1.82) is 0 Å². The first-order valence-corrected chi connectivity index (χ1v) is 7.57. The molecule has 4 heteroatoms. The van der Waals surface area contributed by atoms with Crippen LogP contribution in [0.2, 0.25) is 0 Å². The lowest BCUT2D eigenvalue weighted by atomic mass is 10.1. The van der Waals surface area contributed by atoms with E-state index in [4.69, 9.17) is 0 Å². The van der Waals surface area contributed by atoms with E-state index in [0.29, 0.717) is 0 Å². The molecule has 2 aliphatic heterocycles. The SMILES string of the molecule is CN1CCN(C)C(CN2CCNC(C3CC3)C2)C1. The number of likely N-dealkylation sites (N-methyl/N-ethyl adjacent to an activating group) is 2. The Morgan fingerprint density at radius 3 is 2.67 bits per heavy atom. The van der Waals surface area contributed by atoms with Crippen molar-refractivity contribution < 1.29 is 0 Å².